The van der Waals surface area contributed by atoms with Crippen molar-refractivity contribution >= 4 is 27.6 Å². The highest BCUT2D eigenvalue weighted by molar-refractivity contribution is 7.14. The highest BCUT2D eigenvalue weighted by Gasteiger charge is 2.19. The van der Waals surface area contributed by atoms with Gasteiger partial charge in [-0.2, -0.15) is 0 Å². The summed E-state index contributed by atoms with van der Waals surface area (Å²) < 4.78 is 15.6. The molecule has 0 saturated carbocycles. The van der Waals surface area contributed by atoms with E-state index in [0.717, 1.165) is 22.3 Å². The Kier molecular flexibility index (Phi) is 2.87. The molecule has 0 radical (unpaired) electrons. The number of rotatable bonds is 2. The van der Waals surface area contributed by atoms with Crippen LogP contribution in [-0.2, 0) is 0 Å². The van der Waals surface area contributed by atoms with Gasteiger partial charge in [0.05, 0.1) is 15.8 Å². The fourth-order valence-corrected chi connectivity index (χ4v) is 3.05. The van der Waals surface area contributed by atoms with Crippen LogP contribution in [-0.4, -0.2) is 15.0 Å². The van der Waals surface area contributed by atoms with E-state index in [4.69, 9.17) is 5.11 Å². The van der Waals surface area contributed by atoms with E-state index in [0.29, 0.717) is 5.39 Å². The Morgan fingerprint density at radius 3 is 2.60 bits per heavy atom. The van der Waals surface area contributed by atoms with E-state index in [1.54, 1.807) is 24.3 Å². The number of carboxylic acids is 1. The van der Waals surface area contributed by atoms with Gasteiger partial charge < -0.3 is 5.11 Å². The number of carboxylic acid groups (broad SMARTS) is 1. The molecule has 0 bridgehead atoms. The molecule has 0 fully saturated rings. The third-order valence-corrected chi connectivity index (χ3v) is 4.01. The van der Waals surface area contributed by atoms with Crippen LogP contribution in [0.2, 0.25) is 0 Å². The van der Waals surface area contributed by atoms with Crippen molar-refractivity contribution in [3.05, 3.63) is 64.2 Å². The number of aromatic nitrogens is 1. The number of hydrogen-bond donors (Lipinski definition) is 1. The van der Waals surface area contributed by atoms with Gasteiger partial charge in [0.2, 0.25) is 0 Å². The van der Waals surface area contributed by atoms with Crippen molar-refractivity contribution < 1.29 is 14.3 Å². The van der Waals surface area contributed by atoms with E-state index in [1.165, 1.54) is 16.1 Å². The molecular formula is C14H8FNO3S. The van der Waals surface area contributed by atoms with E-state index < -0.39 is 17.3 Å². The van der Waals surface area contributed by atoms with E-state index in [1.807, 2.05) is 0 Å². The summed E-state index contributed by atoms with van der Waals surface area (Å²) in [6, 6.07) is 10.8. The lowest BCUT2D eigenvalue weighted by atomic mass is 10.1. The van der Waals surface area contributed by atoms with Crippen LogP contribution >= 0.6 is 11.5 Å². The van der Waals surface area contributed by atoms with Crippen molar-refractivity contribution in [2.24, 2.45) is 0 Å². The topological polar surface area (TPSA) is 59.3 Å². The summed E-state index contributed by atoms with van der Waals surface area (Å²) in [5, 5.41) is 9.61. The van der Waals surface area contributed by atoms with Crippen LogP contribution in [0.4, 0.5) is 4.39 Å². The van der Waals surface area contributed by atoms with E-state index in [2.05, 4.69) is 0 Å². The quantitative estimate of drug-likeness (QED) is 0.789. The Morgan fingerprint density at radius 1 is 1.15 bits per heavy atom. The first kappa shape index (κ1) is 12.6. The van der Waals surface area contributed by atoms with Crippen molar-refractivity contribution in [3.8, 4) is 5.69 Å². The van der Waals surface area contributed by atoms with Gasteiger partial charge >= 0.3 is 5.97 Å². The molecule has 20 heavy (non-hydrogen) atoms. The summed E-state index contributed by atoms with van der Waals surface area (Å²) in [5.41, 5.74) is -0.802. The van der Waals surface area contributed by atoms with Crippen molar-refractivity contribution in [2.75, 3.05) is 0 Å². The molecule has 0 atom stereocenters. The number of nitrogens with zero attached hydrogens (tertiary/aromatic N) is 1. The maximum Gasteiger partial charge on any atom is 0.340 e. The smallest absolute Gasteiger partial charge is 0.340 e. The summed E-state index contributed by atoms with van der Waals surface area (Å²) >= 11 is 1.09. The summed E-state index contributed by atoms with van der Waals surface area (Å²) in [5.74, 6) is -2.26. The molecule has 2 aromatic carbocycles. The fraction of sp³-hybridized carbons (Fsp3) is 0. The number of carbonyl (C=O) groups is 1. The minimum absolute atomic E-state index is 0.0451. The van der Waals surface area contributed by atoms with Crippen LogP contribution in [0.15, 0.2) is 47.3 Å². The lowest BCUT2D eigenvalue weighted by molar-refractivity contribution is 0.0692. The summed E-state index contributed by atoms with van der Waals surface area (Å²) in [6.45, 7) is 0. The first-order valence-electron chi connectivity index (χ1n) is 5.73. The molecule has 0 spiro atoms. The van der Waals surface area contributed by atoms with Crippen LogP contribution in [0.1, 0.15) is 10.4 Å². The van der Waals surface area contributed by atoms with Crippen LogP contribution in [0.3, 0.4) is 0 Å². The molecule has 100 valence electrons. The maximum absolute atomic E-state index is 13.7. The zero-order valence-corrected chi connectivity index (χ0v) is 10.9. The standard InChI is InChI=1S/C14H8FNO3S/c15-9-5-3-6-10(12(9)14(18)19)16-13(17)8-4-1-2-7-11(8)20-16/h1-7H,(H,18,19). The van der Waals surface area contributed by atoms with Crippen molar-refractivity contribution in [3.63, 3.8) is 0 Å². The number of aromatic carboxylic acids is 1. The van der Waals surface area contributed by atoms with Crippen LogP contribution < -0.4 is 5.56 Å². The van der Waals surface area contributed by atoms with Crippen molar-refractivity contribution in [1.29, 1.82) is 0 Å². The average Bonchev–Trinajstić information content (AvgIpc) is 2.76. The Hall–Kier alpha value is -2.47. The number of halogens is 1. The van der Waals surface area contributed by atoms with E-state index >= 15 is 0 Å². The second-order valence-corrected chi connectivity index (χ2v) is 5.11. The Balaban J connectivity index is 2.37. The lowest BCUT2D eigenvalue weighted by Crippen LogP contribution is -2.15. The first-order chi connectivity index (χ1) is 9.59. The average molecular weight is 289 g/mol. The van der Waals surface area contributed by atoms with Gasteiger partial charge in [0, 0.05) is 0 Å². The van der Waals surface area contributed by atoms with Gasteiger partial charge in [0.15, 0.2) is 0 Å². The van der Waals surface area contributed by atoms with Crippen molar-refractivity contribution in [1.82, 2.24) is 3.96 Å². The largest absolute Gasteiger partial charge is 0.478 e. The molecule has 0 aliphatic carbocycles. The SMILES string of the molecule is O=C(O)c1c(F)cccc1-n1sc2ccccc2c1=O. The molecular weight excluding hydrogens is 281 g/mol. The van der Waals surface area contributed by atoms with Crippen LogP contribution in [0.5, 0.6) is 0 Å². The van der Waals surface area contributed by atoms with Gasteiger partial charge in [0.1, 0.15) is 11.4 Å². The van der Waals surface area contributed by atoms with Gasteiger partial charge in [-0.05, 0) is 24.3 Å². The minimum Gasteiger partial charge on any atom is -0.478 e. The Morgan fingerprint density at radius 2 is 1.90 bits per heavy atom. The van der Waals surface area contributed by atoms with Crippen LogP contribution in [0, 0.1) is 5.82 Å². The highest BCUT2D eigenvalue weighted by atomic mass is 32.1. The summed E-state index contributed by atoms with van der Waals surface area (Å²) in [4.78, 5) is 23.5. The molecule has 0 aliphatic heterocycles. The molecule has 1 N–H and O–H groups in total. The van der Waals surface area contributed by atoms with Gasteiger partial charge in [-0.25, -0.2) is 13.1 Å². The first-order valence-corrected chi connectivity index (χ1v) is 6.50. The third-order valence-electron chi connectivity index (χ3n) is 2.92. The molecule has 3 aromatic rings. The van der Waals surface area contributed by atoms with Gasteiger partial charge in [-0.1, -0.05) is 29.7 Å². The molecule has 1 aromatic heterocycles. The molecule has 3 rings (SSSR count). The molecule has 4 nitrogen and oxygen atoms in total. The maximum atomic E-state index is 13.7. The second-order valence-electron chi connectivity index (χ2n) is 4.13. The zero-order valence-electron chi connectivity index (χ0n) is 10.0. The van der Waals surface area contributed by atoms with Gasteiger partial charge in [-0.3, -0.25) is 4.79 Å². The molecule has 1 heterocycles. The molecule has 0 unspecified atom stereocenters. The highest BCUT2D eigenvalue weighted by Crippen LogP contribution is 2.23. The number of fused-ring (bicyclic) bond motifs is 1. The van der Waals surface area contributed by atoms with Gasteiger partial charge in [0.25, 0.3) is 5.56 Å². The molecule has 0 saturated heterocycles. The molecule has 0 aliphatic rings. The summed E-state index contributed by atoms with van der Waals surface area (Å²) in [7, 11) is 0. The molecule has 0 amide bonds. The van der Waals surface area contributed by atoms with E-state index in [-0.39, 0.29) is 11.2 Å². The van der Waals surface area contributed by atoms with E-state index in [9.17, 15) is 14.0 Å². The predicted octanol–water partition coefficient (Wildman–Crippen LogP) is 2.89. The zero-order chi connectivity index (χ0) is 14.3. The lowest BCUT2D eigenvalue weighted by Gasteiger charge is -2.05. The normalized spacial score (nSPS) is 10.8. The monoisotopic (exact) mass is 289 g/mol. The predicted molar refractivity (Wildman–Crippen MR) is 74.3 cm³/mol. The third kappa shape index (κ3) is 1.81. The second kappa shape index (κ2) is 4.57. The Labute approximate surface area is 116 Å². The van der Waals surface area contributed by atoms with Gasteiger partial charge in [-0.15, -0.1) is 0 Å². The molecule has 6 heteroatoms. The minimum atomic E-state index is -1.40. The fourth-order valence-electron chi connectivity index (χ4n) is 2.02. The van der Waals surface area contributed by atoms with Crippen LogP contribution in [0.25, 0.3) is 15.8 Å². The Bertz CT molecular complexity index is 882. The number of benzene rings is 2. The summed E-state index contributed by atoms with van der Waals surface area (Å²) in [6.07, 6.45) is 0. The van der Waals surface area contributed by atoms with Crippen molar-refractivity contribution in [2.45, 2.75) is 0 Å². The number of hydrogen-bond acceptors (Lipinski definition) is 3.